The van der Waals surface area contributed by atoms with Gasteiger partial charge in [-0.05, 0) is 116 Å². The molecule has 0 unspecified atom stereocenters. The lowest BCUT2D eigenvalue weighted by atomic mass is 9.82. The maximum Gasteiger partial charge on any atom is 0.0540 e. The Kier molecular flexibility index (Phi) is 8.43. The highest BCUT2D eigenvalue weighted by Gasteiger charge is 2.35. The topological polar surface area (TPSA) is 3.24 Å². The van der Waals surface area contributed by atoms with E-state index in [0.29, 0.717) is 0 Å². The molecule has 1 heterocycles. The number of thiophene rings is 1. The predicted octanol–water partition coefficient (Wildman–Crippen LogP) is 16.5. The first-order chi connectivity index (χ1) is 29.0. The van der Waals surface area contributed by atoms with E-state index in [0.717, 1.165) is 17.1 Å². The molecular formula is C57H41NS. The fourth-order valence-electron chi connectivity index (χ4n) is 9.34. The lowest BCUT2D eigenvalue weighted by Crippen LogP contribution is -2.14. The van der Waals surface area contributed by atoms with Gasteiger partial charge in [0, 0.05) is 42.5 Å². The van der Waals surface area contributed by atoms with Crippen molar-refractivity contribution in [2.75, 3.05) is 4.90 Å². The van der Waals surface area contributed by atoms with Gasteiger partial charge >= 0.3 is 0 Å². The summed E-state index contributed by atoms with van der Waals surface area (Å²) in [6, 6.07) is 78.1. The molecule has 0 saturated carbocycles. The quantitative estimate of drug-likeness (QED) is 0.156. The van der Waals surface area contributed by atoms with Gasteiger partial charge in [0.05, 0.1) is 5.69 Å². The van der Waals surface area contributed by atoms with Crippen LogP contribution in [0, 0.1) is 0 Å². The van der Waals surface area contributed by atoms with Gasteiger partial charge in [-0.1, -0.05) is 172 Å². The molecule has 1 nitrogen and oxygen atoms in total. The standard InChI is InChI=1S/C57H41NS/c1-57(2)52-24-11-8-21-47(52)50-37-42(29-33-53(50)57)45-19-6-7-20-46(45)48-22-9-12-25-54(48)58(44-18-14-17-40(35-44)38-15-4-3-5-16-38)43-31-27-39(28-32-43)41-30-34-56-51(36-41)49-23-10-13-26-55(49)59-56/h3-37H,1-2H3. The van der Waals surface area contributed by atoms with Crippen molar-refractivity contribution in [3.05, 3.63) is 223 Å². The Morgan fingerprint density at radius 2 is 0.932 bits per heavy atom. The van der Waals surface area contributed by atoms with Crippen LogP contribution in [0.25, 0.3) is 75.8 Å². The number of benzene rings is 9. The highest BCUT2D eigenvalue weighted by Crippen LogP contribution is 2.51. The summed E-state index contributed by atoms with van der Waals surface area (Å²) >= 11 is 1.86. The molecule has 0 amide bonds. The minimum atomic E-state index is -0.0358. The van der Waals surface area contributed by atoms with E-state index in [1.807, 2.05) is 11.3 Å². The smallest absolute Gasteiger partial charge is 0.0540 e. The van der Waals surface area contributed by atoms with E-state index in [1.165, 1.54) is 86.9 Å². The molecule has 0 bridgehead atoms. The predicted molar refractivity (Wildman–Crippen MR) is 253 cm³/mol. The van der Waals surface area contributed by atoms with Crippen molar-refractivity contribution in [3.8, 4) is 55.6 Å². The summed E-state index contributed by atoms with van der Waals surface area (Å²) in [6.45, 7) is 4.69. The second-order valence-corrected chi connectivity index (χ2v) is 17.2. The molecular weight excluding hydrogens is 731 g/mol. The van der Waals surface area contributed by atoms with Gasteiger partial charge in [0.25, 0.3) is 0 Å². The molecule has 10 aromatic rings. The minimum Gasteiger partial charge on any atom is -0.310 e. The number of para-hydroxylation sites is 1. The van der Waals surface area contributed by atoms with Crippen molar-refractivity contribution in [3.63, 3.8) is 0 Å². The Morgan fingerprint density at radius 1 is 0.339 bits per heavy atom. The molecule has 0 atom stereocenters. The van der Waals surface area contributed by atoms with E-state index in [1.54, 1.807) is 0 Å². The second kappa shape index (κ2) is 14.1. The number of rotatable bonds is 7. The molecule has 0 aliphatic heterocycles. The van der Waals surface area contributed by atoms with Gasteiger partial charge in [-0.2, -0.15) is 0 Å². The Hall–Kier alpha value is -7.00. The largest absolute Gasteiger partial charge is 0.310 e. The summed E-state index contributed by atoms with van der Waals surface area (Å²) in [5.74, 6) is 0. The Balaban J connectivity index is 1.05. The molecule has 59 heavy (non-hydrogen) atoms. The van der Waals surface area contributed by atoms with Crippen LogP contribution >= 0.6 is 11.3 Å². The molecule has 9 aromatic carbocycles. The average molecular weight is 772 g/mol. The van der Waals surface area contributed by atoms with Crippen LogP contribution in [0.3, 0.4) is 0 Å². The number of anilines is 3. The molecule has 1 aliphatic rings. The fourth-order valence-corrected chi connectivity index (χ4v) is 10.4. The molecule has 0 fully saturated rings. The summed E-state index contributed by atoms with van der Waals surface area (Å²) < 4.78 is 2.65. The fraction of sp³-hybridized carbons (Fsp3) is 0.0526. The van der Waals surface area contributed by atoms with Gasteiger partial charge in [0.15, 0.2) is 0 Å². The molecule has 1 aliphatic carbocycles. The maximum atomic E-state index is 2.43. The Bertz CT molecular complexity index is 3190. The van der Waals surface area contributed by atoms with Gasteiger partial charge in [0.1, 0.15) is 0 Å². The molecule has 2 heteroatoms. The summed E-state index contributed by atoms with van der Waals surface area (Å²) in [7, 11) is 0. The van der Waals surface area contributed by atoms with Crippen LogP contribution in [-0.4, -0.2) is 0 Å². The molecule has 11 rings (SSSR count). The van der Waals surface area contributed by atoms with Crippen molar-refractivity contribution in [2.24, 2.45) is 0 Å². The zero-order chi connectivity index (χ0) is 39.5. The molecule has 1 aromatic heterocycles. The van der Waals surface area contributed by atoms with Gasteiger partial charge in [-0.3, -0.25) is 0 Å². The van der Waals surface area contributed by atoms with Crippen LogP contribution in [0.5, 0.6) is 0 Å². The monoisotopic (exact) mass is 771 g/mol. The first-order valence-corrected chi connectivity index (χ1v) is 21.2. The zero-order valence-corrected chi connectivity index (χ0v) is 33.9. The molecule has 280 valence electrons. The van der Waals surface area contributed by atoms with E-state index < -0.39 is 0 Å². The van der Waals surface area contributed by atoms with E-state index in [2.05, 4.69) is 231 Å². The van der Waals surface area contributed by atoms with Crippen molar-refractivity contribution in [1.29, 1.82) is 0 Å². The summed E-state index contributed by atoms with van der Waals surface area (Å²) in [5, 5.41) is 2.64. The Labute approximate surface area is 350 Å². The highest BCUT2D eigenvalue weighted by atomic mass is 32.1. The first-order valence-electron chi connectivity index (χ1n) is 20.4. The van der Waals surface area contributed by atoms with Crippen LogP contribution in [0.1, 0.15) is 25.0 Å². The number of hydrogen-bond donors (Lipinski definition) is 0. The number of nitrogens with zero attached hydrogens (tertiary/aromatic N) is 1. The number of hydrogen-bond acceptors (Lipinski definition) is 2. The third-order valence-electron chi connectivity index (χ3n) is 12.3. The van der Waals surface area contributed by atoms with Crippen LogP contribution in [0.4, 0.5) is 17.1 Å². The van der Waals surface area contributed by atoms with Crippen LogP contribution in [0.15, 0.2) is 212 Å². The highest BCUT2D eigenvalue weighted by molar-refractivity contribution is 7.25. The number of fused-ring (bicyclic) bond motifs is 6. The lowest BCUT2D eigenvalue weighted by Gasteiger charge is -2.29. The Morgan fingerprint density at radius 3 is 1.78 bits per heavy atom. The van der Waals surface area contributed by atoms with Gasteiger partial charge < -0.3 is 4.90 Å². The van der Waals surface area contributed by atoms with Crippen molar-refractivity contribution >= 4 is 48.6 Å². The van der Waals surface area contributed by atoms with Gasteiger partial charge in [0.2, 0.25) is 0 Å². The van der Waals surface area contributed by atoms with Crippen molar-refractivity contribution in [2.45, 2.75) is 19.3 Å². The van der Waals surface area contributed by atoms with Crippen molar-refractivity contribution in [1.82, 2.24) is 0 Å². The normalized spacial score (nSPS) is 12.7. The van der Waals surface area contributed by atoms with Crippen LogP contribution < -0.4 is 4.90 Å². The van der Waals surface area contributed by atoms with E-state index in [9.17, 15) is 0 Å². The third-order valence-corrected chi connectivity index (χ3v) is 13.5. The lowest BCUT2D eigenvalue weighted by molar-refractivity contribution is 0.660. The van der Waals surface area contributed by atoms with Crippen LogP contribution in [0.2, 0.25) is 0 Å². The molecule has 0 N–H and O–H groups in total. The van der Waals surface area contributed by atoms with Crippen LogP contribution in [-0.2, 0) is 5.41 Å². The second-order valence-electron chi connectivity index (χ2n) is 16.1. The van der Waals surface area contributed by atoms with E-state index in [-0.39, 0.29) is 5.41 Å². The average Bonchev–Trinajstić information content (AvgIpc) is 3.78. The molecule has 0 spiro atoms. The first kappa shape index (κ1) is 35.2. The van der Waals surface area contributed by atoms with Gasteiger partial charge in [-0.25, -0.2) is 0 Å². The third kappa shape index (κ3) is 5.99. The zero-order valence-electron chi connectivity index (χ0n) is 33.1. The summed E-state index contributed by atoms with van der Waals surface area (Å²) in [4.78, 5) is 2.43. The van der Waals surface area contributed by atoms with E-state index >= 15 is 0 Å². The maximum absolute atomic E-state index is 2.43. The van der Waals surface area contributed by atoms with E-state index in [4.69, 9.17) is 0 Å². The molecule has 0 saturated heterocycles. The summed E-state index contributed by atoms with van der Waals surface area (Å²) in [5.41, 5.74) is 18.3. The van der Waals surface area contributed by atoms with Gasteiger partial charge in [-0.15, -0.1) is 11.3 Å². The minimum absolute atomic E-state index is 0.0358. The van der Waals surface area contributed by atoms with Crippen molar-refractivity contribution < 1.29 is 0 Å². The molecule has 0 radical (unpaired) electrons. The SMILES string of the molecule is CC1(C)c2ccccc2-c2cc(-c3ccccc3-c3ccccc3N(c3ccc(-c4ccc5sc6ccccc6c5c4)cc3)c3cccc(-c4ccccc4)c3)ccc21. The summed E-state index contributed by atoms with van der Waals surface area (Å²) in [6.07, 6.45) is 0.